The first kappa shape index (κ1) is 35.2. The molecule has 0 unspecified atom stereocenters. The summed E-state index contributed by atoms with van der Waals surface area (Å²) in [5, 5.41) is 0. The minimum Gasteiger partial charge on any atom is -0.497 e. The Morgan fingerprint density at radius 3 is 1.94 bits per heavy atom. The van der Waals surface area contributed by atoms with Gasteiger partial charge >= 0.3 is 5.97 Å². The highest BCUT2D eigenvalue weighted by molar-refractivity contribution is 5.89. The van der Waals surface area contributed by atoms with E-state index in [0.29, 0.717) is 32.0 Å². The predicted octanol–water partition coefficient (Wildman–Crippen LogP) is 9.36. The molecule has 51 heavy (non-hydrogen) atoms. The van der Waals surface area contributed by atoms with Gasteiger partial charge in [-0.1, -0.05) is 79.4 Å². The molecular weight excluding hydrogens is 640 g/mol. The Bertz CT molecular complexity index is 1980. The number of carbonyl (C=O) groups is 1. The van der Waals surface area contributed by atoms with Crippen LogP contribution in [0.2, 0.25) is 0 Å². The summed E-state index contributed by atoms with van der Waals surface area (Å²) in [5.74, 6) is 1.97. The van der Waals surface area contributed by atoms with Gasteiger partial charge < -0.3 is 28.4 Å². The maximum atomic E-state index is 11.9. The largest absolute Gasteiger partial charge is 0.497 e. The van der Waals surface area contributed by atoms with E-state index in [1.165, 1.54) is 7.11 Å². The molecule has 0 fully saturated rings. The van der Waals surface area contributed by atoms with Crippen molar-refractivity contribution in [1.82, 2.24) is 0 Å². The summed E-state index contributed by atoms with van der Waals surface area (Å²) in [7, 11) is 4.69. The van der Waals surface area contributed by atoms with Crippen molar-refractivity contribution in [2.45, 2.75) is 39.0 Å². The van der Waals surface area contributed by atoms with E-state index in [1.54, 1.807) is 26.4 Å². The van der Waals surface area contributed by atoms with Gasteiger partial charge in [0.1, 0.15) is 29.5 Å². The Morgan fingerprint density at radius 2 is 1.35 bits per heavy atom. The van der Waals surface area contributed by atoms with Crippen LogP contribution >= 0.6 is 0 Å². The molecule has 7 nitrogen and oxygen atoms in total. The van der Waals surface area contributed by atoms with Crippen LogP contribution in [-0.2, 0) is 46.2 Å². The quantitative estimate of drug-likeness (QED) is 0.0854. The standard InChI is InChI=1S/C44H42O7/c1-6-35(7-2)44(36-13-17-38(46-3)18-14-36,37-15-19-39(47-4)20-16-37)51-28-32-12-22-41-40-21-11-31(24-34(40)29-50-42(41)25-32)27-49-26-30-9-8-10-33(23-30)43(45)48-5/h6-25H,1,26-29H2,2-5H3/b35-7+. The molecule has 0 aromatic heterocycles. The van der Waals surface area contributed by atoms with Gasteiger partial charge in [-0.15, -0.1) is 0 Å². The molecule has 5 aromatic rings. The van der Waals surface area contributed by atoms with Gasteiger partial charge in [0.05, 0.1) is 46.7 Å². The fraction of sp³-hybridized carbons (Fsp3) is 0.205. The number of allylic oxidation sites excluding steroid dienone is 1. The molecular formula is C44H42O7. The molecule has 5 aromatic carbocycles. The fourth-order valence-electron chi connectivity index (χ4n) is 6.52. The number of methoxy groups -OCH3 is 3. The molecule has 0 saturated heterocycles. The lowest BCUT2D eigenvalue weighted by atomic mass is 9.79. The van der Waals surface area contributed by atoms with Crippen LogP contribution in [0.1, 0.15) is 50.7 Å². The summed E-state index contributed by atoms with van der Waals surface area (Å²) < 4.78 is 35.1. The molecule has 260 valence electrons. The number of rotatable bonds is 14. The molecule has 0 amide bonds. The summed E-state index contributed by atoms with van der Waals surface area (Å²) in [5.41, 5.74) is 8.54. The first-order valence-electron chi connectivity index (χ1n) is 16.8. The lowest BCUT2D eigenvalue weighted by Crippen LogP contribution is -2.33. The van der Waals surface area contributed by atoms with Gasteiger partial charge in [-0.2, -0.15) is 0 Å². The number of hydrogen-bond donors (Lipinski definition) is 0. The van der Waals surface area contributed by atoms with Crippen LogP contribution in [0.4, 0.5) is 0 Å². The number of esters is 1. The fourth-order valence-corrected chi connectivity index (χ4v) is 6.52. The second-order valence-electron chi connectivity index (χ2n) is 12.2. The van der Waals surface area contributed by atoms with Gasteiger partial charge in [0.25, 0.3) is 0 Å². The molecule has 0 aliphatic carbocycles. The second-order valence-corrected chi connectivity index (χ2v) is 12.2. The van der Waals surface area contributed by atoms with Gasteiger partial charge in [-0.3, -0.25) is 0 Å². The van der Waals surface area contributed by atoms with E-state index in [4.69, 9.17) is 28.4 Å². The zero-order valence-corrected chi connectivity index (χ0v) is 29.4. The Hall–Kier alpha value is -5.63. The van der Waals surface area contributed by atoms with Crippen LogP contribution in [0, 0.1) is 0 Å². The van der Waals surface area contributed by atoms with Crippen molar-refractivity contribution in [1.29, 1.82) is 0 Å². The minimum absolute atomic E-state index is 0.311. The van der Waals surface area contributed by atoms with Crippen molar-refractivity contribution < 1.29 is 33.2 Å². The summed E-state index contributed by atoms with van der Waals surface area (Å²) >= 11 is 0. The van der Waals surface area contributed by atoms with E-state index in [1.807, 2.05) is 79.7 Å². The third-order valence-corrected chi connectivity index (χ3v) is 9.16. The number of benzene rings is 5. The van der Waals surface area contributed by atoms with Crippen molar-refractivity contribution in [3.05, 3.63) is 172 Å². The summed E-state index contributed by atoms with van der Waals surface area (Å²) in [6.45, 7) is 7.72. The predicted molar refractivity (Wildman–Crippen MR) is 198 cm³/mol. The maximum absolute atomic E-state index is 11.9. The van der Waals surface area contributed by atoms with Gasteiger partial charge in [-0.05, 0) is 100.0 Å². The molecule has 0 spiro atoms. The second kappa shape index (κ2) is 15.9. The van der Waals surface area contributed by atoms with Crippen LogP contribution in [-0.4, -0.2) is 27.3 Å². The number of hydrogen-bond acceptors (Lipinski definition) is 7. The van der Waals surface area contributed by atoms with Crippen LogP contribution < -0.4 is 14.2 Å². The lowest BCUT2D eigenvalue weighted by molar-refractivity contribution is -0.000506. The van der Waals surface area contributed by atoms with Gasteiger partial charge in [0.15, 0.2) is 0 Å². The zero-order valence-electron chi connectivity index (χ0n) is 29.4. The van der Waals surface area contributed by atoms with Gasteiger partial charge in [-0.25, -0.2) is 4.79 Å². The first-order chi connectivity index (χ1) is 24.9. The molecule has 0 atom stereocenters. The average molecular weight is 683 g/mol. The summed E-state index contributed by atoms with van der Waals surface area (Å²) in [4.78, 5) is 11.9. The van der Waals surface area contributed by atoms with E-state index in [9.17, 15) is 4.79 Å². The van der Waals surface area contributed by atoms with E-state index in [2.05, 4.69) is 43.0 Å². The molecule has 0 N–H and O–H groups in total. The van der Waals surface area contributed by atoms with Crippen LogP contribution in [0.15, 0.2) is 133 Å². The topological polar surface area (TPSA) is 72.5 Å². The van der Waals surface area contributed by atoms with Crippen molar-refractivity contribution >= 4 is 5.97 Å². The van der Waals surface area contributed by atoms with Crippen LogP contribution in [0.3, 0.4) is 0 Å². The van der Waals surface area contributed by atoms with Crippen molar-refractivity contribution in [3.8, 4) is 28.4 Å². The zero-order chi connectivity index (χ0) is 35.8. The maximum Gasteiger partial charge on any atom is 0.337 e. The Kier molecular flexibility index (Phi) is 11.0. The highest BCUT2D eigenvalue weighted by atomic mass is 16.5. The number of carbonyl (C=O) groups excluding carboxylic acids is 1. The molecule has 1 aliphatic rings. The van der Waals surface area contributed by atoms with Crippen molar-refractivity contribution in [2.75, 3.05) is 21.3 Å². The van der Waals surface area contributed by atoms with Crippen LogP contribution in [0.25, 0.3) is 11.1 Å². The van der Waals surface area contributed by atoms with E-state index >= 15 is 0 Å². The van der Waals surface area contributed by atoms with E-state index in [0.717, 1.165) is 67.3 Å². The third-order valence-electron chi connectivity index (χ3n) is 9.16. The molecule has 0 bridgehead atoms. The summed E-state index contributed by atoms with van der Waals surface area (Å²) in [6, 6.07) is 35.8. The molecule has 6 rings (SSSR count). The van der Waals surface area contributed by atoms with Gasteiger partial charge in [0, 0.05) is 5.56 Å². The highest BCUT2D eigenvalue weighted by Gasteiger charge is 2.38. The van der Waals surface area contributed by atoms with E-state index < -0.39 is 5.60 Å². The molecule has 7 heteroatoms. The number of fused-ring (bicyclic) bond motifs is 3. The minimum atomic E-state index is -0.957. The molecule has 1 heterocycles. The monoisotopic (exact) mass is 682 g/mol. The van der Waals surface area contributed by atoms with Crippen molar-refractivity contribution in [3.63, 3.8) is 0 Å². The van der Waals surface area contributed by atoms with Gasteiger partial charge in [0.2, 0.25) is 0 Å². The first-order valence-corrected chi connectivity index (χ1v) is 16.8. The highest BCUT2D eigenvalue weighted by Crippen LogP contribution is 2.44. The van der Waals surface area contributed by atoms with Crippen molar-refractivity contribution in [2.24, 2.45) is 0 Å². The third kappa shape index (κ3) is 7.45. The normalized spacial score (nSPS) is 12.3. The number of ether oxygens (including phenoxy) is 6. The molecule has 0 radical (unpaired) electrons. The smallest absolute Gasteiger partial charge is 0.337 e. The van der Waals surface area contributed by atoms with Crippen LogP contribution in [0.5, 0.6) is 17.2 Å². The van der Waals surface area contributed by atoms with E-state index in [-0.39, 0.29) is 5.97 Å². The Balaban J connectivity index is 1.22. The molecule has 1 aliphatic heterocycles. The SMILES string of the molecule is C=C/C(=C\C)C(OCc1ccc2c(c1)OCc1cc(COCc3cccc(C(=O)OC)c3)ccc1-2)(c1ccc(OC)cc1)c1ccc(OC)cc1. The average Bonchev–Trinajstić information content (AvgIpc) is 3.19. The summed E-state index contributed by atoms with van der Waals surface area (Å²) in [6.07, 6.45) is 3.89. The Labute approximate surface area is 299 Å². The Morgan fingerprint density at radius 1 is 0.745 bits per heavy atom. The molecule has 0 saturated carbocycles. The lowest BCUT2D eigenvalue weighted by Gasteiger charge is -2.37.